The molecule has 0 bridgehead atoms. The Hall–Kier alpha value is -1.48. The van der Waals surface area contributed by atoms with Crippen LogP contribution in [-0.2, 0) is 6.42 Å². The van der Waals surface area contributed by atoms with Gasteiger partial charge in [-0.05, 0) is 31.5 Å². The zero-order valence-electron chi connectivity index (χ0n) is 9.04. The molecule has 2 aromatic rings. The monoisotopic (exact) mass is 205 g/mol. The number of ether oxygens (including phenoxy) is 1. The Labute approximate surface area is 88.8 Å². The third kappa shape index (κ3) is 1.70. The highest BCUT2D eigenvalue weighted by molar-refractivity contribution is 5.85. The van der Waals surface area contributed by atoms with Crippen LogP contribution in [0.25, 0.3) is 11.0 Å². The number of benzene rings is 1. The van der Waals surface area contributed by atoms with E-state index >= 15 is 0 Å². The molecule has 80 valence electrons. The number of fused-ring (bicyclic) bond motifs is 1. The third-order valence-electron chi connectivity index (χ3n) is 2.46. The van der Waals surface area contributed by atoms with E-state index in [1.165, 1.54) is 0 Å². The fourth-order valence-corrected chi connectivity index (χ4v) is 1.82. The first-order chi connectivity index (χ1) is 7.26. The molecule has 0 atom stereocenters. The largest absolute Gasteiger partial charge is 0.493 e. The molecule has 0 aliphatic heterocycles. The molecule has 0 saturated carbocycles. The standard InChI is InChI=1S/C12H15NO2/c1-8-7-10-4-3-9(5-6-13)11(14-2)12(10)15-8/h3-4,7H,5-6,13H2,1-2H3. The molecule has 3 heteroatoms. The lowest BCUT2D eigenvalue weighted by atomic mass is 10.1. The van der Waals surface area contributed by atoms with Crippen molar-refractivity contribution in [3.63, 3.8) is 0 Å². The Morgan fingerprint density at radius 1 is 1.40 bits per heavy atom. The molecule has 0 unspecified atom stereocenters. The minimum atomic E-state index is 0.613. The number of hydrogen-bond donors (Lipinski definition) is 1. The number of aryl methyl sites for hydroxylation is 1. The molecule has 0 aliphatic rings. The summed E-state index contributed by atoms with van der Waals surface area (Å²) in [7, 11) is 1.66. The maximum Gasteiger partial charge on any atom is 0.176 e. The molecule has 0 amide bonds. The summed E-state index contributed by atoms with van der Waals surface area (Å²) >= 11 is 0. The molecule has 15 heavy (non-hydrogen) atoms. The summed E-state index contributed by atoms with van der Waals surface area (Å²) < 4.78 is 11.0. The van der Waals surface area contributed by atoms with E-state index in [4.69, 9.17) is 14.9 Å². The lowest BCUT2D eigenvalue weighted by molar-refractivity contribution is 0.404. The van der Waals surface area contributed by atoms with Gasteiger partial charge in [0.25, 0.3) is 0 Å². The Bertz CT molecular complexity index is 474. The van der Waals surface area contributed by atoms with Gasteiger partial charge in [0, 0.05) is 5.39 Å². The van der Waals surface area contributed by atoms with Crippen molar-refractivity contribution in [2.45, 2.75) is 13.3 Å². The van der Waals surface area contributed by atoms with E-state index in [-0.39, 0.29) is 0 Å². The van der Waals surface area contributed by atoms with E-state index < -0.39 is 0 Å². The number of hydrogen-bond acceptors (Lipinski definition) is 3. The maximum atomic E-state index is 5.61. The first-order valence-corrected chi connectivity index (χ1v) is 5.02. The maximum absolute atomic E-state index is 5.61. The van der Waals surface area contributed by atoms with Crippen LogP contribution in [0.5, 0.6) is 5.75 Å². The number of methoxy groups -OCH3 is 1. The zero-order chi connectivity index (χ0) is 10.8. The van der Waals surface area contributed by atoms with Crippen LogP contribution in [0.2, 0.25) is 0 Å². The van der Waals surface area contributed by atoms with E-state index in [0.717, 1.165) is 34.5 Å². The second-order valence-electron chi connectivity index (χ2n) is 3.57. The van der Waals surface area contributed by atoms with Gasteiger partial charge in [0.15, 0.2) is 11.3 Å². The number of furan rings is 1. The van der Waals surface area contributed by atoms with Gasteiger partial charge in [-0.3, -0.25) is 0 Å². The summed E-state index contributed by atoms with van der Waals surface area (Å²) in [6.07, 6.45) is 0.804. The van der Waals surface area contributed by atoms with E-state index in [1.807, 2.05) is 25.1 Å². The first kappa shape index (κ1) is 10.1. The number of rotatable bonds is 3. The predicted octanol–water partition coefficient (Wildman–Crippen LogP) is 2.25. The summed E-state index contributed by atoms with van der Waals surface area (Å²) in [6.45, 7) is 2.55. The van der Waals surface area contributed by atoms with Crippen LogP contribution < -0.4 is 10.5 Å². The Morgan fingerprint density at radius 2 is 2.20 bits per heavy atom. The van der Waals surface area contributed by atoms with Crippen molar-refractivity contribution in [3.05, 3.63) is 29.5 Å². The van der Waals surface area contributed by atoms with Crippen LogP contribution in [0.3, 0.4) is 0 Å². The highest BCUT2D eigenvalue weighted by atomic mass is 16.5. The van der Waals surface area contributed by atoms with Crippen LogP contribution in [0.1, 0.15) is 11.3 Å². The van der Waals surface area contributed by atoms with Crippen LogP contribution >= 0.6 is 0 Å². The Kier molecular flexibility index (Phi) is 2.64. The smallest absolute Gasteiger partial charge is 0.176 e. The van der Waals surface area contributed by atoms with Crippen molar-refractivity contribution in [1.82, 2.24) is 0 Å². The van der Waals surface area contributed by atoms with Crippen molar-refractivity contribution in [3.8, 4) is 5.75 Å². The van der Waals surface area contributed by atoms with Crippen molar-refractivity contribution in [2.75, 3.05) is 13.7 Å². The highest BCUT2D eigenvalue weighted by Gasteiger charge is 2.11. The summed E-state index contributed by atoms with van der Waals surface area (Å²) in [6, 6.07) is 6.09. The first-order valence-electron chi connectivity index (χ1n) is 5.02. The van der Waals surface area contributed by atoms with Crippen molar-refractivity contribution in [2.24, 2.45) is 5.73 Å². The molecule has 0 spiro atoms. The Morgan fingerprint density at radius 3 is 2.87 bits per heavy atom. The van der Waals surface area contributed by atoms with Gasteiger partial charge in [0.2, 0.25) is 0 Å². The zero-order valence-corrected chi connectivity index (χ0v) is 9.04. The topological polar surface area (TPSA) is 48.4 Å². The second kappa shape index (κ2) is 3.95. The SMILES string of the molecule is COc1c(CCN)ccc2cc(C)oc12. The van der Waals surface area contributed by atoms with Gasteiger partial charge in [0.1, 0.15) is 5.76 Å². The van der Waals surface area contributed by atoms with Crippen LogP contribution in [-0.4, -0.2) is 13.7 Å². The van der Waals surface area contributed by atoms with Gasteiger partial charge in [-0.2, -0.15) is 0 Å². The molecule has 1 aromatic heterocycles. The molecule has 0 aliphatic carbocycles. The van der Waals surface area contributed by atoms with E-state index in [0.29, 0.717) is 6.54 Å². The molecule has 0 radical (unpaired) electrons. The van der Waals surface area contributed by atoms with E-state index in [9.17, 15) is 0 Å². The molecule has 0 saturated heterocycles. The average Bonchev–Trinajstić information content (AvgIpc) is 2.58. The molecule has 2 N–H and O–H groups in total. The van der Waals surface area contributed by atoms with Crippen molar-refractivity contribution < 1.29 is 9.15 Å². The fourth-order valence-electron chi connectivity index (χ4n) is 1.82. The van der Waals surface area contributed by atoms with Gasteiger partial charge in [-0.1, -0.05) is 12.1 Å². The molecular formula is C12H15NO2. The quantitative estimate of drug-likeness (QED) is 0.836. The Balaban J connectivity index is 2.63. The third-order valence-corrected chi connectivity index (χ3v) is 2.46. The van der Waals surface area contributed by atoms with Gasteiger partial charge in [0.05, 0.1) is 7.11 Å². The van der Waals surface area contributed by atoms with E-state index in [1.54, 1.807) is 7.11 Å². The van der Waals surface area contributed by atoms with Crippen LogP contribution in [0, 0.1) is 6.92 Å². The van der Waals surface area contributed by atoms with Gasteiger partial charge in [-0.25, -0.2) is 0 Å². The van der Waals surface area contributed by atoms with Gasteiger partial charge in [-0.15, -0.1) is 0 Å². The number of nitrogens with two attached hydrogens (primary N) is 1. The molecular weight excluding hydrogens is 190 g/mol. The minimum Gasteiger partial charge on any atom is -0.493 e. The lowest BCUT2D eigenvalue weighted by Crippen LogP contribution is -2.04. The predicted molar refractivity (Wildman–Crippen MR) is 60.3 cm³/mol. The summed E-state index contributed by atoms with van der Waals surface area (Å²) in [5, 5.41) is 1.07. The second-order valence-corrected chi connectivity index (χ2v) is 3.57. The molecule has 1 aromatic carbocycles. The molecule has 2 rings (SSSR count). The summed E-state index contributed by atoms with van der Waals surface area (Å²) in [4.78, 5) is 0. The minimum absolute atomic E-state index is 0.613. The van der Waals surface area contributed by atoms with Crippen LogP contribution in [0.4, 0.5) is 0 Å². The van der Waals surface area contributed by atoms with Gasteiger partial charge < -0.3 is 14.9 Å². The fraction of sp³-hybridized carbons (Fsp3) is 0.333. The highest BCUT2D eigenvalue weighted by Crippen LogP contribution is 2.32. The summed E-state index contributed by atoms with van der Waals surface area (Å²) in [5.41, 5.74) is 7.47. The molecule has 3 nitrogen and oxygen atoms in total. The average molecular weight is 205 g/mol. The normalized spacial score (nSPS) is 10.9. The molecule has 1 heterocycles. The molecule has 0 fully saturated rings. The van der Waals surface area contributed by atoms with Crippen molar-refractivity contribution in [1.29, 1.82) is 0 Å². The lowest BCUT2D eigenvalue weighted by Gasteiger charge is -2.07. The van der Waals surface area contributed by atoms with Crippen molar-refractivity contribution >= 4 is 11.0 Å². The van der Waals surface area contributed by atoms with E-state index in [2.05, 4.69) is 0 Å². The van der Waals surface area contributed by atoms with Crippen LogP contribution in [0.15, 0.2) is 22.6 Å². The van der Waals surface area contributed by atoms with Gasteiger partial charge >= 0.3 is 0 Å². The summed E-state index contributed by atoms with van der Waals surface area (Å²) in [5.74, 6) is 1.71.